The SMILES string of the molecule is CN(Cc1noc(C2CC2)n1)C1CCc2ccccc21. The summed E-state index contributed by atoms with van der Waals surface area (Å²) in [6.45, 7) is 0.759. The standard InChI is InChI=1S/C16H19N3O/c1-19(10-15-17-16(20-18-15)12-6-7-12)14-9-8-11-4-2-3-5-13(11)14/h2-5,12,14H,6-10H2,1H3. The molecule has 0 radical (unpaired) electrons. The largest absolute Gasteiger partial charge is 0.339 e. The van der Waals surface area contributed by atoms with Crippen LogP contribution in [0.15, 0.2) is 28.8 Å². The van der Waals surface area contributed by atoms with Crippen molar-refractivity contribution in [3.05, 3.63) is 47.1 Å². The van der Waals surface area contributed by atoms with Crippen LogP contribution in [0.5, 0.6) is 0 Å². The normalized spacial score (nSPS) is 21.4. The maximum atomic E-state index is 5.33. The Kier molecular flexibility index (Phi) is 2.84. The molecule has 0 aliphatic heterocycles. The number of rotatable bonds is 4. The molecule has 1 fully saturated rings. The monoisotopic (exact) mass is 269 g/mol. The zero-order valence-corrected chi connectivity index (χ0v) is 11.7. The Morgan fingerprint density at radius 2 is 2.10 bits per heavy atom. The maximum Gasteiger partial charge on any atom is 0.229 e. The lowest BCUT2D eigenvalue weighted by molar-refractivity contribution is 0.226. The van der Waals surface area contributed by atoms with Gasteiger partial charge in [-0.25, -0.2) is 0 Å². The lowest BCUT2D eigenvalue weighted by atomic mass is 10.1. The number of nitrogens with zero attached hydrogens (tertiary/aromatic N) is 3. The van der Waals surface area contributed by atoms with E-state index >= 15 is 0 Å². The minimum absolute atomic E-state index is 0.481. The van der Waals surface area contributed by atoms with Crippen molar-refractivity contribution in [2.45, 2.75) is 44.2 Å². The molecule has 104 valence electrons. The highest BCUT2D eigenvalue weighted by molar-refractivity contribution is 5.34. The highest BCUT2D eigenvalue weighted by atomic mass is 16.5. The Bertz CT molecular complexity index is 618. The summed E-state index contributed by atoms with van der Waals surface area (Å²) in [5.41, 5.74) is 2.94. The molecule has 4 heteroatoms. The zero-order chi connectivity index (χ0) is 13.5. The van der Waals surface area contributed by atoms with E-state index in [1.165, 1.54) is 36.8 Å². The van der Waals surface area contributed by atoms with Crippen molar-refractivity contribution in [1.82, 2.24) is 15.0 Å². The fourth-order valence-corrected chi connectivity index (χ4v) is 3.15. The van der Waals surface area contributed by atoms with Gasteiger partial charge in [-0.15, -0.1) is 0 Å². The minimum atomic E-state index is 0.481. The van der Waals surface area contributed by atoms with Crippen LogP contribution in [-0.4, -0.2) is 22.1 Å². The predicted molar refractivity (Wildman–Crippen MR) is 75.2 cm³/mol. The van der Waals surface area contributed by atoms with Crippen LogP contribution in [0.3, 0.4) is 0 Å². The average molecular weight is 269 g/mol. The molecule has 0 spiro atoms. The Morgan fingerprint density at radius 1 is 1.25 bits per heavy atom. The third-order valence-electron chi connectivity index (χ3n) is 4.43. The van der Waals surface area contributed by atoms with E-state index in [9.17, 15) is 0 Å². The topological polar surface area (TPSA) is 42.2 Å². The van der Waals surface area contributed by atoms with E-state index < -0.39 is 0 Å². The molecule has 0 saturated heterocycles. The Morgan fingerprint density at radius 3 is 2.95 bits per heavy atom. The highest BCUT2D eigenvalue weighted by Gasteiger charge is 2.30. The van der Waals surface area contributed by atoms with E-state index in [-0.39, 0.29) is 0 Å². The fourth-order valence-electron chi connectivity index (χ4n) is 3.15. The van der Waals surface area contributed by atoms with E-state index in [4.69, 9.17) is 4.52 Å². The van der Waals surface area contributed by atoms with Crippen LogP contribution in [0.25, 0.3) is 0 Å². The van der Waals surface area contributed by atoms with Crippen molar-refractivity contribution >= 4 is 0 Å². The number of benzene rings is 1. The molecule has 2 aliphatic carbocycles. The van der Waals surface area contributed by atoms with Crippen LogP contribution >= 0.6 is 0 Å². The van der Waals surface area contributed by atoms with Crippen LogP contribution in [0.2, 0.25) is 0 Å². The van der Waals surface area contributed by atoms with E-state index in [0.29, 0.717) is 12.0 Å². The first-order valence-electron chi connectivity index (χ1n) is 7.42. The average Bonchev–Trinajstić information content (AvgIpc) is 3.06. The first-order valence-corrected chi connectivity index (χ1v) is 7.42. The molecule has 1 aromatic carbocycles. The Labute approximate surface area is 118 Å². The quantitative estimate of drug-likeness (QED) is 0.855. The highest BCUT2D eigenvalue weighted by Crippen LogP contribution is 2.39. The number of aromatic nitrogens is 2. The van der Waals surface area contributed by atoms with Crippen LogP contribution < -0.4 is 0 Å². The molecule has 1 heterocycles. The fraction of sp³-hybridized carbons (Fsp3) is 0.500. The van der Waals surface area contributed by atoms with Crippen LogP contribution in [0.1, 0.15) is 54.1 Å². The third-order valence-corrected chi connectivity index (χ3v) is 4.43. The summed E-state index contributed by atoms with van der Waals surface area (Å²) in [6.07, 6.45) is 4.76. The first kappa shape index (κ1) is 12.1. The van der Waals surface area contributed by atoms with Gasteiger partial charge in [0.15, 0.2) is 5.82 Å². The van der Waals surface area contributed by atoms with Gasteiger partial charge in [-0.2, -0.15) is 4.98 Å². The van der Waals surface area contributed by atoms with E-state index in [1.807, 2.05) is 0 Å². The van der Waals surface area contributed by atoms with Crippen molar-refractivity contribution in [2.75, 3.05) is 7.05 Å². The van der Waals surface area contributed by atoms with Crippen LogP contribution in [0.4, 0.5) is 0 Å². The van der Waals surface area contributed by atoms with Crippen molar-refractivity contribution < 1.29 is 4.52 Å². The van der Waals surface area contributed by atoms with Gasteiger partial charge in [-0.05, 0) is 43.9 Å². The summed E-state index contributed by atoms with van der Waals surface area (Å²) in [7, 11) is 2.15. The molecule has 2 aromatic rings. The Balaban J connectivity index is 1.48. The first-order chi connectivity index (χ1) is 9.81. The molecule has 1 atom stereocenters. The van der Waals surface area contributed by atoms with Crippen molar-refractivity contribution in [2.24, 2.45) is 0 Å². The van der Waals surface area contributed by atoms with E-state index in [1.54, 1.807) is 0 Å². The molecule has 4 rings (SSSR count). The van der Waals surface area contributed by atoms with Gasteiger partial charge in [0.05, 0.1) is 6.54 Å². The maximum absolute atomic E-state index is 5.33. The molecule has 20 heavy (non-hydrogen) atoms. The third kappa shape index (κ3) is 2.14. The molecule has 1 saturated carbocycles. The molecule has 2 aliphatic rings. The van der Waals surface area contributed by atoms with Gasteiger partial charge in [0.2, 0.25) is 5.89 Å². The Hall–Kier alpha value is -1.68. The summed E-state index contributed by atoms with van der Waals surface area (Å²) in [5.74, 6) is 2.19. The summed E-state index contributed by atoms with van der Waals surface area (Å²) in [6, 6.07) is 9.22. The number of hydrogen-bond donors (Lipinski definition) is 0. The second-order valence-electron chi connectivity index (χ2n) is 5.99. The number of aryl methyl sites for hydroxylation is 1. The zero-order valence-electron chi connectivity index (χ0n) is 11.7. The van der Waals surface area contributed by atoms with Crippen LogP contribution in [-0.2, 0) is 13.0 Å². The van der Waals surface area contributed by atoms with Gasteiger partial charge in [-0.3, -0.25) is 4.90 Å². The van der Waals surface area contributed by atoms with Gasteiger partial charge < -0.3 is 4.52 Å². The molecular weight excluding hydrogens is 250 g/mol. The molecule has 4 nitrogen and oxygen atoms in total. The van der Waals surface area contributed by atoms with E-state index in [0.717, 1.165) is 18.3 Å². The molecule has 0 bridgehead atoms. The number of hydrogen-bond acceptors (Lipinski definition) is 4. The smallest absolute Gasteiger partial charge is 0.229 e. The molecule has 0 N–H and O–H groups in total. The van der Waals surface area contributed by atoms with Gasteiger partial charge in [0.1, 0.15) is 0 Å². The van der Waals surface area contributed by atoms with E-state index in [2.05, 4.69) is 46.4 Å². The lowest BCUT2D eigenvalue weighted by Crippen LogP contribution is -2.23. The van der Waals surface area contributed by atoms with Crippen LogP contribution in [0, 0.1) is 0 Å². The number of fused-ring (bicyclic) bond motifs is 1. The molecular formula is C16H19N3O. The summed E-state index contributed by atoms with van der Waals surface area (Å²) in [4.78, 5) is 6.86. The second kappa shape index (κ2) is 4.70. The summed E-state index contributed by atoms with van der Waals surface area (Å²) >= 11 is 0. The molecule has 1 aromatic heterocycles. The summed E-state index contributed by atoms with van der Waals surface area (Å²) < 4.78 is 5.33. The van der Waals surface area contributed by atoms with Crippen molar-refractivity contribution in [3.63, 3.8) is 0 Å². The molecule has 0 amide bonds. The van der Waals surface area contributed by atoms with Gasteiger partial charge >= 0.3 is 0 Å². The summed E-state index contributed by atoms with van der Waals surface area (Å²) in [5, 5.41) is 4.12. The van der Waals surface area contributed by atoms with Crippen molar-refractivity contribution in [1.29, 1.82) is 0 Å². The van der Waals surface area contributed by atoms with Gasteiger partial charge in [0.25, 0.3) is 0 Å². The lowest BCUT2D eigenvalue weighted by Gasteiger charge is -2.23. The molecule has 1 unspecified atom stereocenters. The second-order valence-corrected chi connectivity index (χ2v) is 5.99. The predicted octanol–water partition coefficient (Wildman–Crippen LogP) is 3.07. The minimum Gasteiger partial charge on any atom is -0.339 e. The van der Waals surface area contributed by atoms with Gasteiger partial charge in [0, 0.05) is 12.0 Å². The van der Waals surface area contributed by atoms with Gasteiger partial charge in [-0.1, -0.05) is 29.4 Å². The van der Waals surface area contributed by atoms with Crippen molar-refractivity contribution in [3.8, 4) is 0 Å².